The average molecular weight is 282 g/mol. The normalized spacial score (nSPS) is 31.3. The molecule has 1 N–H and O–H groups in total. The van der Waals surface area contributed by atoms with Gasteiger partial charge in [-0.25, -0.2) is 9.97 Å². The van der Waals surface area contributed by atoms with E-state index in [9.17, 15) is 9.90 Å². The molecule has 1 aromatic heterocycles. The summed E-state index contributed by atoms with van der Waals surface area (Å²) in [7, 11) is 0. The number of rotatable bonds is 1. The Morgan fingerprint density at radius 1 is 1.10 bits per heavy atom. The molecule has 2 atom stereocenters. The second-order valence-corrected chi connectivity index (χ2v) is 6.51. The van der Waals surface area contributed by atoms with E-state index < -0.39 is 22.2 Å². The highest BCUT2D eigenvalue weighted by atomic mass is 16.4. The van der Waals surface area contributed by atoms with Gasteiger partial charge in [-0.1, -0.05) is 20.8 Å². The molecule has 0 radical (unpaired) electrons. The van der Waals surface area contributed by atoms with Crippen LogP contribution in [0.1, 0.15) is 56.4 Å². The summed E-state index contributed by atoms with van der Waals surface area (Å²) >= 11 is 0. The van der Waals surface area contributed by atoms with Crippen LogP contribution in [0.5, 0.6) is 0 Å². The van der Waals surface area contributed by atoms with Gasteiger partial charge in [-0.15, -0.1) is 0 Å². The van der Waals surface area contributed by atoms with Crippen molar-refractivity contribution in [3.8, 4) is 12.1 Å². The van der Waals surface area contributed by atoms with E-state index in [2.05, 4.69) is 9.97 Å². The zero-order valence-electron chi connectivity index (χ0n) is 12.1. The van der Waals surface area contributed by atoms with E-state index in [0.717, 1.165) is 0 Å². The van der Waals surface area contributed by atoms with E-state index in [-0.39, 0.29) is 11.4 Å². The average Bonchev–Trinajstić information content (AvgIpc) is 2.74. The van der Waals surface area contributed by atoms with E-state index in [4.69, 9.17) is 10.5 Å². The highest BCUT2D eigenvalue weighted by Gasteiger charge is 2.73. The summed E-state index contributed by atoms with van der Waals surface area (Å²) in [6.45, 7) is 5.80. The zero-order valence-corrected chi connectivity index (χ0v) is 12.1. The van der Waals surface area contributed by atoms with Gasteiger partial charge in [-0.2, -0.15) is 10.5 Å². The van der Waals surface area contributed by atoms with Crippen LogP contribution in [0.3, 0.4) is 0 Å². The molecule has 2 aliphatic carbocycles. The molecule has 0 unspecified atom stereocenters. The van der Waals surface area contributed by atoms with Crippen LogP contribution in [0.15, 0.2) is 0 Å². The van der Waals surface area contributed by atoms with Crippen molar-refractivity contribution in [3.05, 3.63) is 22.8 Å². The Balaban J connectivity index is 2.44. The molecule has 0 aromatic carbocycles. The fraction of sp³-hybridized carbons (Fsp3) is 0.533. The lowest BCUT2D eigenvalue weighted by atomic mass is 9.64. The molecule has 1 fully saturated rings. The van der Waals surface area contributed by atoms with Gasteiger partial charge < -0.3 is 5.11 Å². The first-order valence-electron chi connectivity index (χ1n) is 6.73. The largest absolute Gasteiger partial charge is 0.481 e. The summed E-state index contributed by atoms with van der Waals surface area (Å²) in [6, 6.07) is 3.72. The zero-order chi connectivity index (χ0) is 15.6. The Hall–Kier alpha value is -2.47. The van der Waals surface area contributed by atoms with Crippen molar-refractivity contribution in [2.24, 2.45) is 5.41 Å². The lowest BCUT2D eigenvalue weighted by Gasteiger charge is -2.37. The molecular weight excluding hydrogens is 268 g/mol. The second kappa shape index (κ2) is 3.59. The Bertz CT molecular complexity index is 771. The minimum absolute atomic E-state index is 0.0265. The number of nitrogens with zero attached hydrogens (tertiary/aromatic N) is 4. The van der Waals surface area contributed by atoms with Crippen molar-refractivity contribution in [1.29, 1.82) is 10.5 Å². The molecule has 2 bridgehead atoms. The van der Waals surface area contributed by atoms with Gasteiger partial charge >= 0.3 is 5.97 Å². The topological polar surface area (TPSA) is 111 Å². The van der Waals surface area contributed by atoms with Crippen molar-refractivity contribution in [2.45, 2.75) is 44.4 Å². The van der Waals surface area contributed by atoms with Crippen LogP contribution >= 0.6 is 0 Å². The van der Waals surface area contributed by atoms with Crippen molar-refractivity contribution in [3.63, 3.8) is 0 Å². The predicted molar refractivity (Wildman–Crippen MR) is 71.1 cm³/mol. The second-order valence-electron chi connectivity index (χ2n) is 6.51. The van der Waals surface area contributed by atoms with Gasteiger partial charge in [0.15, 0.2) is 11.4 Å². The van der Waals surface area contributed by atoms with Gasteiger partial charge in [-0.3, -0.25) is 4.79 Å². The van der Waals surface area contributed by atoms with E-state index in [1.165, 1.54) is 0 Å². The van der Waals surface area contributed by atoms with Gasteiger partial charge in [0.1, 0.15) is 17.6 Å². The lowest BCUT2D eigenvalue weighted by molar-refractivity contribution is -0.148. The van der Waals surface area contributed by atoms with Gasteiger partial charge in [0.2, 0.25) is 0 Å². The molecule has 0 aliphatic heterocycles. The Morgan fingerprint density at radius 2 is 1.62 bits per heavy atom. The summed E-state index contributed by atoms with van der Waals surface area (Å²) in [5, 5.41) is 28.1. The maximum absolute atomic E-state index is 12.0. The van der Waals surface area contributed by atoms with E-state index in [1.54, 1.807) is 0 Å². The first-order chi connectivity index (χ1) is 9.76. The first kappa shape index (κ1) is 13.5. The molecule has 6 nitrogen and oxygen atoms in total. The number of aliphatic carboxylic acids is 1. The number of hydrogen-bond acceptors (Lipinski definition) is 5. The van der Waals surface area contributed by atoms with E-state index in [1.807, 2.05) is 32.9 Å². The number of hydrogen-bond donors (Lipinski definition) is 1. The minimum Gasteiger partial charge on any atom is -0.481 e. The number of nitriles is 2. The predicted octanol–water partition coefficient (Wildman–Crippen LogP) is 1.63. The fourth-order valence-electron chi connectivity index (χ4n) is 4.11. The van der Waals surface area contributed by atoms with Crippen molar-refractivity contribution < 1.29 is 9.90 Å². The molecule has 0 saturated heterocycles. The highest BCUT2D eigenvalue weighted by Crippen LogP contribution is 2.69. The molecule has 106 valence electrons. The third kappa shape index (κ3) is 1.15. The summed E-state index contributed by atoms with van der Waals surface area (Å²) in [5.74, 6) is -0.933. The monoisotopic (exact) mass is 282 g/mol. The maximum Gasteiger partial charge on any atom is 0.316 e. The van der Waals surface area contributed by atoms with Crippen molar-refractivity contribution in [1.82, 2.24) is 9.97 Å². The Morgan fingerprint density at radius 3 is 2.10 bits per heavy atom. The summed E-state index contributed by atoms with van der Waals surface area (Å²) in [5.41, 5.74) is -1.35. The molecule has 1 heterocycles. The molecule has 3 rings (SSSR count). The van der Waals surface area contributed by atoms with Crippen LogP contribution in [0.4, 0.5) is 0 Å². The van der Waals surface area contributed by atoms with Gasteiger partial charge in [0, 0.05) is 5.41 Å². The smallest absolute Gasteiger partial charge is 0.316 e. The van der Waals surface area contributed by atoms with E-state index in [0.29, 0.717) is 24.2 Å². The number of aromatic nitrogens is 2. The molecule has 6 heteroatoms. The van der Waals surface area contributed by atoms with Crippen LogP contribution in [-0.4, -0.2) is 21.0 Å². The Kier molecular flexibility index (Phi) is 2.31. The molecule has 0 spiro atoms. The SMILES string of the molecule is CC1(C)[C@@]2(C)CC[C@@]1(C(=O)O)c1nc(C#N)c(C#N)nc12. The lowest BCUT2D eigenvalue weighted by Crippen LogP contribution is -2.45. The quantitative estimate of drug-likeness (QED) is 0.838. The van der Waals surface area contributed by atoms with Crippen LogP contribution < -0.4 is 0 Å². The number of fused-ring (bicyclic) bond motifs is 5. The van der Waals surface area contributed by atoms with Crippen molar-refractivity contribution in [2.75, 3.05) is 0 Å². The first-order valence-corrected chi connectivity index (χ1v) is 6.73. The summed E-state index contributed by atoms with van der Waals surface area (Å²) in [6.07, 6.45) is 1.16. The molecule has 0 amide bonds. The molecule has 21 heavy (non-hydrogen) atoms. The van der Waals surface area contributed by atoms with E-state index >= 15 is 0 Å². The molecular formula is C15H14N4O2. The number of carboxylic acid groups (broad SMARTS) is 1. The third-order valence-corrected chi connectivity index (χ3v) is 5.85. The molecule has 1 saturated carbocycles. The summed E-state index contributed by atoms with van der Waals surface area (Å²) < 4.78 is 0. The van der Waals surface area contributed by atoms with Crippen molar-refractivity contribution >= 4 is 5.97 Å². The summed E-state index contributed by atoms with van der Waals surface area (Å²) in [4.78, 5) is 20.6. The highest BCUT2D eigenvalue weighted by molar-refractivity contribution is 5.86. The van der Waals surface area contributed by atoms with Crippen LogP contribution in [0, 0.1) is 28.1 Å². The Labute approximate surface area is 122 Å². The number of carbonyl (C=O) groups is 1. The maximum atomic E-state index is 12.0. The van der Waals surface area contributed by atoms with Crippen LogP contribution in [0.25, 0.3) is 0 Å². The fourth-order valence-corrected chi connectivity index (χ4v) is 4.11. The van der Waals surface area contributed by atoms with Gasteiger partial charge in [-0.05, 0) is 18.3 Å². The standard InChI is InChI=1S/C15H14N4O2/c1-13(2)14(3)4-5-15(13,12(20)21)11-10(14)18-8(6-16)9(7-17)19-11/h4-5H2,1-3H3,(H,20,21)/t14-,15-/m0/s1. The molecule has 1 aromatic rings. The van der Waals surface area contributed by atoms with Crippen LogP contribution in [0.2, 0.25) is 0 Å². The minimum atomic E-state index is -1.14. The molecule has 2 aliphatic rings. The van der Waals surface area contributed by atoms with Crippen LogP contribution in [-0.2, 0) is 15.6 Å². The van der Waals surface area contributed by atoms with Gasteiger partial charge in [0.25, 0.3) is 0 Å². The number of carboxylic acids is 1. The third-order valence-electron chi connectivity index (χ3n) is 5.85. The van der Waals surface area contributed by atoms with Gasteiger partial charge in [0.05, 0.1) is 11.4 Å².